The zero-order valence-electron chi connectivity index (χ0n) is 28.0. The number of para-hydroxylation sites is 2. The Morgan fingerprint density at radius 3 is 2.40 bits per heavy atom. The molecule has 47 heavy (non-hydrogen) atoms. The number of amides is 3. The number of fused-ring (bicyclic) bond motifs is 1. The van der Waals surface area contributed by atoms with E-state index in [1.807, 2.05) is 49.4 Å². The van der Waals surface area contributed by atoms with E-state index < -0.39 is 24.6 Å². The third-order valence-corrected chi connectivity index (χ3v) is 9.32. The van der Waals surface area contributed by atoms with Gasteiger partial charge in [0, 0.05) is 13.1 Å². The number of benzene rings is 2. The van der Waals surface area contributed by atoms with Crippen LogP contribution >= 0.6 is 0 Å². The summed E-state index contributed by atoms with van der Waals surface area (Å²) in [5.41, 5.74) is 9.86. The molecule has 1 aliphatic carbocycles. The summed E-state index contributed by atoms with van der Waals surface area (Å²) in [6, 6.07) is 14.3. The van der Waals surface area contributed by atoms with Crippen molar-refractivity contribution >= 4 is 28.8 Å². The number of rotatable bonds is 19. The second-order valence-corrected chi connectivity index (χ2v) is 13.0. The van der Waals surface area contributed by atoms with Gasteiger partial charge in [-0.3, -0.25) is 14.4 Å². The van der Waals surface area contributed by atoms with Crippen molar-refractivity contribution in [3.05, 3.63) is 65.5 Å². The zero-order valence-corrected chi connectivity index (χ0v) is 28.0. The molecule has 10 heteroatoms. The van der Waals surface area contributed by atoms with Crippen LogP contribution in [0.3, 0.4) is 0 Å². The minimum Gasteiger partial charge on any atom is -0.394 e. The molecular formula is C37H54N6O4. The van der Waals surface area contributed by atoms with Crippen LogP contribution in [0, 0.1) is 12.8 Å². The molecule has 3 amide bonds. The molecule has 1 aliphatic rings. The van der Waals surface area contributed by atoms with E-state index in [0.29, 0.717) is 31.8 Å². The minimum absolute atomic E-state index is 0.0820. The first-order valence-corrected chi connectivity index (χ1v) is 17.6. The maximum atomic E-state index is 13.1. The third kappa shape index (κ3) is 11.5. The lowest BCUT2D eigenvalue weighted by Crippen LogP contribution is -2.55. The monoisotopic (exact) mass is 646 g/mol. The summed E-state index contributed by atoms with van der Waals surface area (Å²) in [7, 11) is 0. The van der Waals surface area contributed by atoms with Crippen LogP contribution in [-0.4, -0.2) is 64.2 Å². The van der Waals surface area contributed by atoms with E-state index in [4.69, 9.17) is 5.73 Å². The Bertz CT molecular complexity index is 1420. The number of aliphatic hydroxyl groups is 1. The number of hydrogen-bond donors (Lipinski definition) is 5. The van der Waals surface area contributed by atoms with Crippen molar-refractivity contribution in [1.29, 1.82) is 0 Å². The first-order valence-electron chi connectivity index (χ1n) is 17.6. The van der Waals surface area contributed by atoms with E-state index >= 15 is 0 Å². The van der Waals surface area contributed by atoms with E-state index in [1.54, 1.807) is 0 Å². The second-order valence-electron chi connectivity index (χ2n) is 13.0. The Balaban J connectivity index is 1.20. The third-order valence-electron chi connectivity index (χ3n) is 9.32. The number of carbonyl (C=O) groups is 3. The van der Waals surface area contributed by atoms with Gasteiger partial charge in [0.2, 0.25) is 17.7 Å². The average Bonchev–Trinajstić information content (AvgIpc) is 3.40. The van der Waals surface area contributed by atoms with Crippen LogP contribution in [0.2, 0.25) is 0 Å². The maximum Gasteiger partial charge on any atom is 0.245 e. The Labute approximate surface area is 279 Å². The topological polar surface area (TPSA) is 151 Å². The summed E-state index contributed by atoms with van der Waals surface area (Å²) < 4.78 is 2.27. The quantitative estimate of drug-likeness (QED) is 0.124. The van der Waals surface area contributed by atoms with E-state index in [0.717, 1.165) is 55.6 Å². The Hall–Kier alpha value is -3.76. The van der Waals surface area contributed by atoms with Gasteiger partial charge in [-0.25, -0.2) is 4.98 Å². The molecule has 2 aromatic carbocycles. The number of carbonyl (C=O) groups excluding carboxylic acids is 3. The summed E-state index contributed by atoms with van der Waals surface area (Å²) >= 11 is 0. The SMILES string of the molecule is Cc1nc2ccccc2n1CCCCc1ccc(CC(=O)N[C@@H](CO)C(=O)N[C@@H](CCCCN)C(=O)NCCC2CCCCC2)cc1. The molecule has 2 atom stereocenters. The summed E-state index contributed by atoms with van der Waals surface area (Å²) in [4.78, 5) is 43.5. The van der Waals surface area contributed by atoms with Crippen molar-refractivity contribution in [1.82, 2.24) is 25.5 Å². The number of nitrogens with one attached hydrogen (secondary N) is 3. The van der Waals surface area contributed by atoms with Crippen LogP contribution in [0.5, 0.6) is 0 Å². The largest absolute Gasteiger partial charge is 0.394 e. The number of aryl methyl sites for hydroxylation is 3. The van der Waals surface area contributed by atoms with Gasteiger partial charge >= 0.3 is 0 Å². The first-order chi connectivity index (χ1) is 22.9. The van der Waals surface area contributed by atoms with Gasteiger partial charge in [0.15, 0.2) is 0 Å². The Morgan fingerprint density at radius 2 is 1.66 bits per heavy atom. The molecular weight excluding hydrogens is 592 g/mol. The highest BCUT2D eigenvalue weighted by Crippen LogP contribution is 2.25. The van der Waals surface area contributed by atoms with Crippen molar-refractivity contribution < 1.29 is 19.5 Å². The van der Waals surface area contributed by atoms with Crippen molar-refractivity contribution in [2.75, 3.05) is 19.7 Å². The minimum atomic E-state index is -1.15. The molecule has 4 rings (SSSR count). The number of nitrogens with two attached hydrogens (primary N) is 1. The fraction of sp³-hybridized carbons (Fsp3) is 0.568. The predicted octanol–water partition coefficient (Wildman–Crippen LogP) is 4.09. The number of aromatic nitrogens is 2. The van der Waals surface area contributed by atoms with Crippen LogP contribution in [0.4, 0.5) is 0 Å². The molecule has 256 valence electrons. The molecule has 0 radical (unpaired) electrons. The van der Waals surface area contributed by atoms with Gasteiger partial charge in [-0.1, -0.05) is 68.5 Å². The van der Waals surface area contributed by atoms with Gasteiger partial charge < -0.3 is 31.4 Å². The van der Waals surface area contributed by atoms with Crippen molar-refractivity contribution in [3.8, 4) is 0 Å². The molecule has 1 saturated carbocycles. The number of aliphatic hydroxyl groups excluding tert-OH is 1. The highest BCUT2D eigenvalue weighted by Gasteiger charge is 2.26. The molecule has 6 N–H and O–H groups in total. The second kappa shape index (κ2) is 19.2. The molecule has 1 heterocycles. The van der Waals surface area contributed by atoms with Gasteiger partial charge in [-0.15, -0.1) is 0 Å². The highest BCUT2D eigenvalue weighted by molar-refractivity contribution is 5.92. The molecule has 1 aromatic heterocycles. The fourth-order valence-electron chi connectivity index (χ4n) is 6.56. The van der Waals surface area contributed by atoms with Gasteiger partial charge in [0.05, 0.1) is 24.1 Å². The van der Waals surface area contributed by atoms with Crippen LogP contribution in [0.15, 0.2) is 48.5 Å². The number of nitrogens with zero attached hydrogens (tertiary/aromatic N) is 2. The van der Waals surface area contributed by atoms with E-state index in [-0.39, 0.29) is 18.2 Å². The maximum absolute atomic E-state index is 13.1. The lowest BCUT2D eigenvalue weighted by Gasteiger charge is -2.24. The summed E-state index contributed by atoms with van der Waals surface area (Å²) in [5.74, 6) is 0.493. The average molecular weight is 647 g/mol. The van der Waals surface area contributed by atoms with Crippen LogP contribution < -0.4 is 21.7 Å². The number of imidazole rings is 1. The number of unbranched alkanes of at least 4 members (excludes halogenated alkanes) is 2. The predicted molar refractivity (Wildman–Crippen MR) is 186 cm³/mol. The molecule has 3 aromatic rings. The molecule has 10 nitrogen and oxygen atoms in total. The Kier molecular flexibility index (Phi) is 14.7. The number of hydrogen-bond acceptors (Lipinski definition) is 6. The lowest BCUT2D eigenvalue weighted by molar-refractivity contribution is -0.133. The first kappa shape index (κ1) is 36.1. The smallest absolute Gasteiger partial charge is 0.245 e. The van der Waals surface area contributed by atoms with E-state index in [2.05, 4.69) is 31.6 Å². The fourth-order valence-corrected chi connectivity index (χ4v) is 6.56. The molecule has 0 aliphatic heterocycles. The summed E-state index contributed by atoms with van der Waals surface area (Å²) in [6.07, 6.45) is 12.1. The van der Waals surface area contributed by atoms with Crippen molar-refractivity contribution in [2.24, 2.45) is 11.7 Å². The van der Waals surface area contributed by atoms with Crippen LogP contribution in [-0.2, 0) is 33.8 Å². The van der Waals surface area contributed by atoms with Gasteiger partial charge in [0.25, 0.3) is 0 Å². The van der Waals surface area contributed by atoms with Crippen molar-refractivity contribution in [2.45, 2.75) is 109 Å². The van der Waals surface area contributed by atoms with E-state index in [1.165, 1.54) is 43.2 Å². The zero-order chi connectivity index (χ0) is 33.4. The van der Waals surface area contributed by atoms with Gasteiger partial charge in [-0.2, -0.15) is 0 Å². The van der Waals surface area contributed by atoms with Gasteiger partial charge in [0.1, 0.15) is 17.9 Å². The van der Waals surface area contributed by atoms with Crippen LogP contribution in [0.25, 0.3) is 11.0 Å². The molecule has 1 fully saturated rings. The highest BCUT2D eigenvalue weighted by atomic mass is 16.3. The van der Waals surface area contributed by atoms with Crippen molar-refractivity contribution in [3.63, 3.8) is 0 Å². The normalized spacial score (nSPS) is 14.9. The van der Waals surface area contributed by atoms with E-state index in [9.17, 15) is 19.5 Å². The Morgan fingerprint density at radius 1 is 0.915 bits per heavy atom. The summed E-state index contributed by atoms with van der Waals surface area (Å²) in [5, 5.41) is 18.3. The summed E-state index contributed by atoms with van der Waals surface area (Å²) in [6.45, 7) is 3.48. The molecule has 0 spiro atoms. The molecule has 0 saturated heterocycles. The molecule has 0 bridgehead atoms. The standard InChI is InChI=1S/C37H54N6O4/c1-27-40-31-14-5-6-16-34(31)43(27)24-10-8-13-29-17-19-30(20-18-29)25-35(45)41-33(26-44)37(47)42-32(15-7-9-22-38)36(46)39-23-21-28-11-3-2-4-12-28/h5-6,14,16-20,28,32-33,44H,2-4,7-13,15,21-26,38H2,1H3,(H,39,46)(H,41,45)(H,42,47)/t32-,33-/m0/s1. The lowest BCUT2D eigenvalue weighted by atomic mass is 9.87. The van der Waals surface area contributed by atoms with Gasteiger partial charge in [-0.05, 0) is 87.6 Å². The molecule has 0 unspecified atom stereocenters. The van der Waals surface area contributed by atoms with Crippen LogP contribution in [0.1, 0.15) is 87.6 Å².